The fourth-order valence-corrected chi connectivity index (χ4v) is 7.03. The first kappa shape index (κ1) is 31.5. The molecule has 4 aromatic rings. The van der Waals surface area contributed by atoms with E-state index in [0.29, 0.717) is 28.6 Å². The van der Waals surface area contributed by atoms with Crippen molar-refractivity contribution >= 4 is 52.6 Å². The number of carbonyl (C=O) groups excluding carboxylic acids is 3. The number of fused-ring (bicyclic) bond motifs is 2. The third-order valence-corrected chi connectivity index (χ3v) is 9.49. The van der Waals surface area contributed by atoms with Gasteiger partial charge in [0.05, 0.1) is 23.1 Å². The number of rotatable bonds is 10. The second-order valence-corrected chi connectivity index (χ2v) is 12.1. The van der Waals surface area contributed by atoms with Crippen LogP contribution in [0.4, 0.5) is 5.69 Å². The van der Waals surface area contributed by atoms with Crippen LogP contribution in [0.25, 0.3) is 5.76 Å². The maximum Gasteiger partial charge on any atom is 2.00 e. The van der Waals surface area contributed by atoms with E-state index in [4.69, 9.17) is 4.42 Å². The van der Waals surface area contributed by atoms with Gasteiger partial charge in [0.2, 0.25) is 5.78 Å². The van der Waals surface area contributed by atoms with E-state index < -0.39 is 17.4 Å². The number of ketones is 1. The maximum atomic E-state index is 13.7. The molecule has 2 heterocycles. The SMILES string of the molecule is CCC(CC)N1C(=O)c2c(N=NC3=C([O-])c4cc(Sc5ccco5)ccc4C3=O)ccc(SCc3ccccc3)c2C1=O.[Cu+2]. The first-order valence-electron chi connectivity index (χ1n) is 13.9. The van der Waals surface area contributed by atoms with Crippen molar-refractivity contribution in [1.29, 1.82) is 0 Å². The minimum absolute atomic E-state index is 0. The number of carbonyl (C=O) groups is 3. The van der Waals surface area contributed by atoms with Crippen LogP contribution >= 0.6 is 23.5 Å². The third-order valence-electron chi connectivity index (χ3n) is 7.44. The van der Waals surface area contributed by atoms with Gasteiger partial charge in [0.15, 0.2) is 5.09 Å². The molecule has 3 aromatic carbocycles. The summed E-state index contributed by atoms with van der Waals surface area (Å²) in [5, 5.41) is 22.2. The van der Waals surface area contributed by atoms with E-state index in [0.717, 1.165) is 10.5 Å². The molecule has 0 fully saturated rings. The van der Waals surface area contributed by atoms with E-state index in [1.165, 1.54) is 28.4 Å². The van der Waals surface area contributed by atoms with E-state index in [1.807, 2.05) is 44.2 Å². The van der Waals surface area contributed by atoms with Crippen LogP contribution in [-0.4, -0.2) is 28.5 Å². The van der Waals surface area contributed by atoms with Gasteiger partial charge in [-0.15, -0.1) is 22.0 Å². The van der Waals surface area contributed by atoms with Crippen molar-refractivity contribution in [2.24, 2.45) is 10.2 Å². The second kappa shape index (κ2) is 13.4. The largest absolute Gasteiger partial charge is 2.00 e. The number of nitrogens with zero attached hydrogens (tertiary/aromatic N) is 3. The van der Waals surface area contributed by atoms with Crippen LogP contribution in [-0.2, 0) is 22.8 Å². The Morgan fingerprint density at radius 2 is 1.61 bits per heavy atom. The third kappa shape index (κ3) is 5.80. The van der Waals surface area contributed by atoms with Gasteiger partial charge in [0, 0.05) is 27.1 Å². The standard InChI is InChI=1S/C33H27N3O5S2.Cu/c1-3-20(4-2)36-32(39)27-24(14-15-25(28(27)33(36)40)42-18-19-9-6-5-7-10-19)34-35-29-30(37)22-13-12-21(17-23(22)31(29)38)43-26-11-8-16-41-26;/h5-17,20,38H,3-4,18H2,1-2H3;/q;+2/p-1. The molecule has 2 aliphatic rings. The van der Waals surface area contributed by atoms with Crippen LogP contribution in [0.15, 0.2) is 114 Å². The summed E-state index contributed by atoms with van der Waals surface area (Å²) in [4.78, 5) is 43.3. The van der Waals surface area contributed by atoms with E-state index in [-0.39, 0.29) is 62.7 Å². The summed E-state index contributed by atoms with van der Waals surface area (Å²) in [5.41, 5.74) is 1.80. The van der Waals surface area contributed by atoms with Crippen molar-refractivity contribution in [2.45, 2.75) is 53.4 Å². The zero-order chi connectivity index (χ0) is 30.1. The summed E-state index contributed by atoms with van der Waals surface area (Å²) in [7, 11) is 0. The monoisotopic (exact) mass is 671 g/mol. The Hall–Kier alpha value is -3.89. The average Bonchev–Trinajstić information content (AvgIpc) is 3.70. The minimum Gasteiger partial charge on any atom is -0.870 e. The van der Waals surface area contributed by atoms with Gasteiger partial charge in [0.25, 0.3) is 11.8 Å². The van der Waals surface area contributed by atoms with Crippen LogP contribution in [0.3, 0.4) is 0 Å². The molecule has 0 saturated heterocycles. The Kier molecular flexibility index (Phi) is 9.60. The topological polar surface area (TPSA) is 115 Å². The molecule has 1 radical (unpaired) electrons. The quantitative estimate of drug-likeness (QED) is 0.0741. The van der Waals surface area contributed by atoms with Gasteiger partial charge in [-0.2, -0.15) is 0 Å². The van der Waals surface area contributed by atoms with Crippen molar-refractivity contribution in [3.8, 4) is 0 Å². The Morgan fingerprint density at radius 3 is 2.32 bits per heavy atom. The van der Waals surface area contributed by atoms with Gasteiger partial charge < -0.3 is 9.52 Å². The number of amides is 2. The molecule has 2 amide bonds. The van der Waals surface area contributed by atoms with Crippen molar-refractivity contribution in [1.82, 2.24) is 4.90 Å². The first-order valence-corrected chi connectivity index (χ1v) is 15.7. The number of thioether (sulfide) groups is 1. The van der Waals surface area contributed by atoms with Crippen molar-refractivity contribution in [2.75, 3.05) is 0 Å². The molecule has 44 heavy (non-hydrogen) atoms. The zero-order valence-electron chi connectivity index (χ0n) is 23.7. The first-order chi connectivity index (χ1) is 20.9. The van der Waals surface area contributed by atoms with Crippen LogP contribution in [0.2, 0.25) is 0 Å². The Labute approximate surface area is 273 Å². The van der Waals surface area contributed by atoms with E-state index in [9.17, 15) is 19.5 Å². The molecule has 0 spiro atoms. The Balaban J connectivity index is 0.00000384. The smallest absolute Gasteiger partial charge is 0.870 e. The second-order valence-electron chi connectivity index (χ2n) is 10.0. The molecule has 225 valence electrons. The fraction of sp³-hybridized carbons (Fsp3) is 0.182. The van der Waals surface area contributed by atoms with Crippen LogP contribution < -0.4 is 5.11 Å². The summed E-state index contributed by atoms with van der Waals surface area (Å²) < 4.78 is 5.36. The molecule has 8 nitrogen and oxygen atoms in total. The normalized spacial score (nSPS) is 14.2. The minimum atomic E-state index is -0.543. The Bertz CT molecular complexity index is 1800. The van der Waals surface area contributed by atoms with Gasteiger partial charge in [-0.3, -0.25) is 19.3 Å². The Morgan fingerprint density at radius 1 is 0.864 bits per heavy atom. The predicted octanol–water partition coefficient (Wildman–Crippen LogP) is 7.51. The van der Waals surface area contributed by atoms with Gasteiger partial charge >= 0.3 is 17.1 Å². The summed E-state index contributed by atoms with van der Waals surface area (Å²) in [6.07, 6.45) is 2.79. The summed E-state index contributed by atoms with van der Waals surface area (Å²) in [5.74, 6) is -1.28. The number of azo groups is 1. The maximum absolute atomic E-state index is 13.7. The van der Waals surface area contributed by atoms with Crippen molar-refractivity contribution in [3.63, 3.8) is 0 Å². The summed E-state index contributed by atoms with van der Waals surface area (Å²) in [6, 6.07) is 21.5. The number of Topliss-reactive ketones (excluding diaryl/α,β-unsaturated/α-hetero) is 1. The van der Waals surface area contributed by atoms with Gasteiger partial charge in [-0.1, -0.05) is 61.7 Å². The van der Waals surface area contributed by atoms with E-state index in [2.05, 4.69) is 10.2 Å². The van der Waals surface area contributed by atoms with Gasteiger partial charge in [0.1, 0.15) is 5.70 Å². The summed E-state index contributed by atoms with van der Waals surface area (Å²) >= 11 is 2.80. The molecule has 0 bridgehead atoms. The summed E-state index contributed by atoms with van der Waals surface area (Å²) in [6.45, 7) is 3.88. The number of imide groups is 1. The van der Waals surface area contributed by atoms with E-state index >= 15 is 0 Å². The number of hydrogen-bond donors (Lipinski definition) is 0. The number of furan rings is 1. The molecule has 0 unspecified atom stereocenters. The molecule has 1 aliphatic heterocycles. The fourth-order valence-electron chi connectivity index (χ4n) is 5.22. The van der Waals surface area contributed by atoms with Crippen LogP contribution in [0.5, 0.6) is 0 Å². The van der Waals surface area contributed by atoms with Crippen molar-refractivity contribution in [3.05, 3.63) is 113 Å². The molecule has 0 N–H and O–H groups in total. The van der Waals surface area contributed by atoms with Crippen molar-refractivity contribution < 1.29 is 41.0 Å². The molecule has 0 atom stereocenters. The molecule has 1 aromatic heterocycles. The zero-order valence-corrected chi connectivity index (χ0v) is 26.3. The molecule has 6 rings (SSSR count). The van der Waals surface area contributed by atoms with Gasteiger partial charge in [-0.05, 0) is 66.4 Å². The molecular formula is C33H26CuN3O5S2+. The molecule has 11 heteroatoms. The predicted molar refractivity (Wildman–Crippen MR) is 162 cm³/mol. The number of allylic oxidation sites excluding steroid dienone is 1. The van der Waals surface area contributed by atoms with Crippen LogP contribution in [0, 0.1) is 0 Å². The molecular weight excluding hydrogens is 646 g/mol. The van der Waals surface area contributed by atoms with Crippen LogP contribution in [0.1, 0.15) is 68.9 Å². The molecule has 0 saturated carbocycles. The number of hydrogen-bond acceptors (Lipinski definition) is 9. The van der Waals surface area contributed by atoms with E-state index in [1.54, 1.807) is 48.7 Å². The average molecular weight is 672 g/mol. The molecule has 1 aliphatic carbocycles. The van der Waals surface area contributed by atoms with Gasteiger partial charge in [-0.25, -0.2) is 0 Å². The number of benzene rings is 3.